The second-order valence-corrected chi connectivity index (χ2v) is 8.69. The summed E-state index contributed by atoms with van der Waals surface area (Å²) in [5.74, 6) is 1.57. The summed E-state index contributed by atoms with van der Waals surface area (Å²) in [6, 6.07) is 19.2. The fourth-order valence-electron chi connectivity index (χ4n) is 4.09. The number of hydrogen-bond acceptors (Lipinski definition) is 6. The zero-order chi connectivity index (χ0) is 23.9. The molecule has 1 amide bonds. The highest BCUT2D eigenvalue weighted by Crippen LogP contribution is 2.19. The van der Waals surface area contributed by atoms with E-state index < -0.39 is 6.10 Å². The zero-order valence-corrected chi connectivity index (χ0v) is 19.8. The summed E-state index contributed by atoms with van der Waals surface area (Å²) in [6.07, 6.45) is 1.16. The molecule has 34 heavy (non-hydrogen) atoms. The molecule has 0 bridgehead atoms. The van der Waals surface area contributed by atoms with Crippen LogP contribution in [0.15, 0.2) is 66.9 Å². The van der Waals surface area contributed by atoms with Crippen molar-refractivity contribution in [3.05, 3.63) is 83.6 Å². The molecule has 0 radical (unpaired) electrons. The lowest BCUT2D eigenvalue weighted by Crippen LogP contribution is -2.49. The van der Waals surface area contributed by atoms with Crippen molar-refractivity contribution in [1.82, 2.24) is 9.88 Å². The number of anilines is 2. The number of para-hydroxylation sites is 1. The van der Waals surface area contributed by atoms with Crippen molar-refractivity contribution in [2.75, 3.05) is 49.5 Å². The summed E-state index contributed by atoms with van der Waals surface area (Å²) in [6.45, 7) is 8.12. The molecule has 1 fully saturated rings. The van der Waals surface area contributed by atoms with E-state index in [2.05, 4.69) is 20.1 Å². The predicted molar refractivity (Wildman–Crippen MR) is 135 cm³/mol. The third-order valence-corrected chi connectivity index (χ3v) is 6.09. The van der Waals surface area contributed by atoms with Crippen molar-refractivity contribution in [2.24, 2.45) is 0 Å². The van der Waals surface area contributed by atoms with E-state index in [-0.39, 0.29) is 12.5 Å². The van der Waals surface area contributed by atoms with Gasteiger partial charge in [0.25, 0.3) is 5.91 Å². The minimum atomic E-state index is -0.541. The van der Waals surface area contributed by atoms with E-state index in [4.69, 9.17) is 4.74 Å². The third-order valence-electron chi connectivity index (χ3n) is 6.09. The van der Waals surface area contributed by atoms with Crippen LogP contribution in [0.5, 0.6) is 5.75 Å². The minimum absolute atomic E-state index is 0.133. The van der Waals surface area contributed by atoms with Crippen LogP contribution in [0.25, 0.3) is 0 Å². The molecule has 7 nitrogen and oxygen atoms in total. The van der Waals surface area contributed by atoms with Crippen molar-refractivity contribution in [1.29, 1.82) is 0 Å². The average molecular weight is 461 g/mol. The molecule has 2 N–H and O–H groups in total. The highest BCUT2D eigenvalue weighted by molar-refractivity contribution is 6.05. The van der Waals surface area contributed by atoms with Crippen molar-refractivity contribution in [3.8, 4) is 5.75 Å². The van der Waals surface area contributed by atoms with E-state index >= 15 is 0 Å². The number of aryl methyl sites for hydroxylation is 2. The van der Waals surface area contributed by atoms with E-state index in [1.165, 1.54) is 0 Å². The number of aliphatic hydroxyl groups excluding tert-OH is 1. The Labute approximate surface area is 201 Å². The van der Waals surface area contributed by atoms with Crippen LogP contribution in [-0.2, 0) is 0 Å². The smallest absolute Gasteiger partial charge is 0.255 e. The molecule has 1 atom stereocenters. The number of rotatable bonds is 8. The maximum Gasteiger partial charge on any atom is 0.255 e. The largest absolute Gasteiger partial charge is 0.491 e. The number of β-amino-alcohol motifs (C(OH)–C–C–N with tert-alkyl or cyclic N) is 1. The second-order valence-electron chi connectivity index (χ2n) is 8.69. The van der Waals surface area contributed by atoms with Crippen LogP contribution >= 0.6 is 0 Å². The van der Waals surface area contributed by atoms with Crippen molar-refractivity contribution >= 4 is 17.4 Å². The zero-order valence-electron chi connectivity index (χ0n) is 19.8. The monoisotopic (exact) mass is 460 g/mol. The third kappa shape index (κ3) is 6.12. The van der Waals surface area contributed by atoms with Gasteiger partial charge < -0.3 is 20.1 Å². The number of amides is 1. The van der Waals surface area contributed by atoms with Gasteiger partial charge in [0.05, 0.1) is 11.9 Å². The number of ether oxygens (including phenoxy) is 1. The summed E-state index contributed by atoms with van der Waals surface area (Å²) in [5.41, 5.74) is 3.34. The number of benzene rings is 2. The molecule has 0 aliphatic carbocycles. The summed E-state index contributed by atoms with van der Waals surface area (Å²) in [5, 5.41) is 13.3. The molecule has 2 aromatic carbocycles. The first-order valence-corrected chi connectivity index (χ1v) is 11.7. The molecule has 1 saturated heterocycles. The number of carbonyl (C=O) groups is 1. The van der Waals surface area contributed by atoms with E-state index in [1.54, 1.807) is 6.20 Å². The number of nitrogens with zero attached hydrogens (tertiary/aromatic N) is 3. The first-order valence-electron chi connectivity index (χ1n) is 11.7. The van der Waals surface area contributed by atoms with E-state index in [0.717, 1.165) is 48.9 Å². The molecule has 4 rings (SSSR count). The average Bonchev–Trinajstić information content (AvgIpc) is 2.85. The normalized spacial score (nSPS) is 15.1. The molecule has 3 aromatic rings. The first-order chi connectivity index (χ1) is 16.5. The molecule has 7 heteroatoms. The Morgan fingerprint density at radius 1 is 1.00 bits per heavy atom. The van der Waals surface area contributed by atoms with Gasteiger partial charge in [0, 0.05) is 38.3 Å². The van der Waals surface area contributed by atoms with Gasteiger partial charge in [0.15, 0.2) is 0 Å². The lowest BCUT2D eigenvalue weighted by molar-refractivity contribution is 0.0660. The Kier molecular flexibility index (Phi) is 7.77. The van der Waals surface area contributed by atoms with E-state index in [0.29, 0.717) is 17.8 Å². The number of hydrogen-bond donors (Lipinski definition) is 2. The lowest BCUT2D eigenvalue weighted by atomic mass is 10.1. The highest BCUT2D eigenvalue weighted by atomic mass is 16.5. The summed E-state index contributed by atoms with van der Waals surface area (Å²) in [7, 11) is 0. The quantitative estimate of drug-likeness (QED) is 0.536. The lowest BCUT2D eigenvalue weighted by Gasteiger charge is -2.36. The molecule has 1 unspecified atom stereocenters. The number of nitrogens with one attached hydrogen (secondary N) is 1. The van der Waals surface area contributed by atoms with Crippen LogP contribution in [0.3, 0.4) is 0 Å². The molecular formula is C27H32N4O3. The summed E-state index contributed by atoms with van der Waals surface area (Å²) < 4.78 is 5.78. The minimum Gasteiger partial charge on any atom is -0.491 e. The molecular weight excluding hydrogens is 428 g/mol. The van der Waals surface area contributed by atoms with Gasteiger partial charge in [-0.3, -0.25) is 9.69 Å². The Morgan fingerprint density at radius 2 is 1.71 bits per heavy atom. The van der Waals surface area contributed by atoms with Crippen LogP contribution in [-0.4, -0.2) is 66.3 Å². The fraction of sp³-hybridized carbons (Fsp3) is 0.333. The van der Waals surface area contributed by atoms with Crippen LogP contribution in [0.1, 0.15) is 21.5 Å². The van der Waals surface area contributed by atoms with E-state index in [9.17, 15) is 9.90 Å². The van der Waals surface area contributed by atoms with Crippen molar-refractivity contribution in [3.63, 3.8) is 0 Å². The van der Waals surface area contributed by atoms with Crippen LogP contribution < -0.4 is 15.0 Å². The second kappa shape index (κ2) is 11.1. The van der Waals surface area contributed by atoms with Crippen molar-refractivity contribution in [2.45, 2.75) is 20.0 Å². The van der Waals surface area contributed by atoms with Crippen LogP contribution in [0, 0.1) is 13.8 Å². The highest BCUT2D eigenvalue weighted by Gasteiger charge is 2.20. The van der Waals surface area contributed by atoms with Crippen molar-refractivity contribution < 1.29 is 14.6 Å². The molecule has 2 heterocycles. The standard InChI is InChI=1S/C27H32N4O3/c1-20-7-3-5-9-24(20)27(33)29-22-11-12-26(28-17-22)31-15-13-30(14-16-31)18-23(32)19-34-25-10-6-4-8-21(25)2/h3-12,17,23,32H,13-16,18-19H2,1-2H3,(H,29,33). The Bertz CT molecular complexity index is 1100. The molecule has 1 aliphatic heterocycles. The van der Waals surface area contributed by atoms with Gasteiger partial charge in [-0.15, -0.1) is 0 Å². The Morgan fingerprint density at radius 3 is 2.38 bits per heavy atom. The fourth-order valence-corrected chi connectivity index (χ4v) is 4.09. The maximum atomic E-state index is 12.5. The van der Waals surface area contributed by atoms with E-state index in [1.807, 2.05) is 74.5 Å². The first kappa shape index (κ1) is 23.7. The molecule has 0 spiro atoms. The molecule has 1 aliphatic rings. The summed E-state index contributed by atoms with van der Waals surface area (Å²) in [4.78, 5) is 21.5. The number of carbonyl (C=O) groups excluding carboxylic acids is 1. The van der Waals surface area contributed by atoms with Gasteiger partial charge in [-0.05, 0) is 49.2 Å². The maximum absolute atomic E-state index is 12.5. The molecule has 178 valence electrons. The predicted octanol–water partition coefficient (Wildman–Crippen LogP) is 3.51. The topological polar surface area (TPSA) is 77.9 Å². The SMILES string of the molecule is Cc1ccccc1OCC(O)CN1CCN(c2ccc(NC(=O)c3ccccc3C)cn2)CC1. The Balaban J connectivity index is 1.23. The number of aliphatic hydroxyl groups is 1. The van der Waals surface area contributed by atoms with Gasteiger partial charge in [-0.1, -0.05) is 36.4 Å². The summed E-state index contributed by atoms with van der Waals surface area (Å²) >= 11 is 0. The Hall–Kier alpha value is -3.42. The van der Waals surface area contributed by atoms with Crippen LogP contribution in [0.4, 0.5) is 11.5 Å². The number of aromatic nitrogens is 1. The van der Waals surface area contributed by atoms with Gasteiger partial charge in [-0.25, -0.2) is 4.98 Å². The van der Waals surface area contributed by atoms with Gasteiger partial charge in [0.1, 0.15) is 24.3 Å². The number of piperazine rings is 1. The van der Waals surface area contributed by atoms with Gasteiger partial charge in [0.2, 0.25) is 0 Å². The molecule has 0 saturated carbocycles. The van der Waals surface area contributed by atoms with Gasteiger partial charge >= 0.3 is 0 Å². The van der Waals surface area contributed by atoms with Crippen LogP contribution in [0.2, 0.25) is 0 Å². The molecule has 1 aromatic heterocycles. The van der Waals surface area contributed by atoms with Gasteiger partial charge in [-0.2, -0.15) is 0 Å². The number of pyridine rings is 1.